The van der Waals surface area contributed by atoms with Gasteiger partial charge in [-0.2, -0.15) is 0 Å². The first-order valence-corrected chi connectivity index (χ1v) is 6.93. The van der Waals surface area contributed by atoms with Crippen LogP contribution in [0, 0.1) is 0 Å². The Hall–Kier alpha value is -2.49. The molecule has 1 aliphatic rings. The second-order valence-corrected chi connectivity index (χ2v) is 5.28. The highest BCUT2D eigenvalue weighted by molar-refractivity contribution is 5.96. The van der Waals surface area contributed by atoms with Gasteiger partial charge in [0.05, 0.1) is 0 Å². The number of fused-ring (bicyclic) bond motifs is 1. The number of carbonyl (C=O) groups is 2. The van der Waals surface area contributed by atoms with Crippen molar-refractivity contribution in [2.75, 3.05) is 11.4 Å². The third-order valence-electron chi connectivity index (χ3n) is 3.83. The highest BCUT2D eigenvalue weighted by atomic mass is 16.2. The Kier molecular flexibility index (Phi) is 3.29. The lowest BCUT2D eigenvalue weighted by atomic mass is 10.0. The number of carbonyl (C=O) groups excluding carboxylic acids is 2. The molecule has 21 heavy (non-hydrogen) atoms. The van der Waals surface area contributed by atoms with Gasteiger partial charge in [0.1, 0.15) is 0 Å². The molecule has 0 radical (unpaired) electrons. The molecule has 0 bridgehead atoms. The van der Waals surface area contributed by atoms with E-state index in [9.17, 15) is 9.59 Å². The van der Waals surface area contributed by atoms with Crippen LogP contribution in [0.15, 0.2) is 36.7 Å². The van der Waals surface area contributed by atoms with E-state index in [-0.39, 0.29) is 11.7 Å². The van der Waals surface area contributed by atoms with E-state index in [4.69, 9.17) is 0 Å². The van der Waals surface area contributed by atoms with Gasteiger partial charge in [-0.25, -0.2) is 0 Å². The molecule has 4 nitrogen and oxygen atoms in total. The summed E-state index contributed by atoms with van der Waals surface area (Å²) >= 11 is 0. The maximum absolute atomic E-state index is 11.6. The Morgan fingerprint density at radius 3 is 2.62 bits per heavy atom. The Morgan fingerprint density at radius 1 is 1.10 bits per heavy atom. The molecular formula is C17H16N2O2. The molecule has 2 heterocycles. The van der Waals surface area contributed by atoms with Crippen molar-refractivity contribution in [3.63, 3.8) is 0 Å². The summed E-state index contributed by atoms with van der Waals surface area (Å²) in [4.78, 5) is 28.9. The van der Waals surface area contributed by atoms with E-state index in [0.717, 1.165) is 35.3 Å². The van der Waals surface area contributed by atoms with E-state index in [1.54, 1.807) is 24.2 Å². The molecule has 0 spiro atoms. The van der Waals surface area contributed by atoms with Gasteiger partial charge in [0.2, 0.25) is 5.91 Å². The number of rotatable bonds is 2. The lowest BCUT2D eigenvalue weighted by Crippen LogP contribution is -2.25. The molecule has 1 aliphatic heterocycles. The fourth-order valence-electron chi connectivity index (χ4n) is 2.70. The first-order chi connectivity index (χ1) is 10.1. The van der Waals surface area contributed by atoms with Crippen molar-refractivity contribution < 1.29 is 9.59 Å². The average molecular weight is 280 g/mol. The molecule has 0 saturated heterocycles. The number of amides is 1. The van der Waals surface area contributed by atoms with Crippen LogP contribution < -0.4 is 4.90 Å². The largest absolute Gasteiger partial charge is 0.312 e. The van der Waals surface area contributed by atoms with E-state index in [0.29, 0.717) is 5.56 Å². The normalized spacial score (nSPS) is 13.1. The number of ketones is 1. The molecule has 0 aliphatic carbocycles. The highest BCUT2D eigenvalue weighted by Crippen LogP contribution is 2.32. The maximum atomic E-state index is 11.6. The fourth-order valence-corrected chi connectivity index (χ4v) is 2.70. The van der Waals surface area contributed by atoms with Gasteiger partial charge in [0.15, 0.2) is 5.78 Å². The van der Waals surface area contributed by atoms with Crippen molar-refractivity contribution in [1.29, 1.82) is 0 Å². The maximum Gasteiger partial charge on any atom is 0.223 e. The average Bonchev–Trinajstić information content (AvgIpc) is 2.90. The zero-order valence-electron chi connectivity index (χ0n) is 12.1. The minimum atomic E-state index is 0.00765. The van der Waals surface area contributed by atoms with Crippen molar-refractivity contribution in [2.24, 2.45) is 0 Å². The quantitative estimate of drug-likeness (QED) is 0.795. The third-order valence-corrected chi connectivity index (χ3v) is 3.83. The molecule has 1 amide bonds. The molecule has 0 N–H and O–H groups in total. The summed E-state index contributed by atoms with van der Waals surface area (Å²) in [6.07, 6.45) is 4.20. The lowest BCUT2D eigenvalue weighted by molar-refractivity contribution is -0.116. The number of benzene rings is 1. The van der Waals surface area contributed by atoms with Crippen LogP contribution in [-0.2, 0) is 11.2 Å². The molecule has 4 heteroatoms. The van der Waals surface area contributed by atoms with Crippen LogP contribution in [-0.4, -0.2) is 23.2 Å². The molecule has 0 fully saturated rings. The Labute approximate surface area is 123 Å². The number of hydrogen-bond acceptors (Lipinski definition) is 3. The van der Waals surface area contributed by atoms with Crippen LogP contribution in [0.5, 0.6) is 0 Å². The van der Waals surface area contributed by atoms with Crippen LogP contribution >= 0.6 is 0 Å². The first-order valence-electron chi connectivity index (χ1n) is 6.93. The molecule has 0 unspecified atom stereocenters. The van der Waals surface area contributed by atoms with Crippen LogP contribution in [0.3, 0.4) is 0 Å². The first kappa shape index (κ1) is 13.5. The second-order valence-electron chi connectivity index (χ2n) is 5.28. The molecule has 0 saturated carbocycles. The van der Waals surface area contributed by atoms with E-state index in [1.165, 1.54) is 6.92 Å². The van der Waals surface area contributed by atoms with Crippen molar-refractivity contribution in [3.8, 4) is 11.1 Å². The van der Waals surface area contributed by atoms with Crippen LogP contribution in [0.4, 0.5) is 5.69 Å². The molecule has 1 aromatic heterocycles. The number of aromatic nitrogens is 1. The summed E-state index contributed by atoms with van der Waals surface area (Å²) < 4.78 is 0. The topological polar surface area (TPSA) is 50.3 Å². The number of anilines is 1. The summed E-state index contributed by atoms with van der Waals surface area (Å²) in [6.45, 7) is 3.86. The predicted molar refractivity (Wildman–Crippen MR) is 81.4 cm³/mol. The van der Waals surface area contributed by atoms with E-state index in [2.05, 4.69) is 11.1 Å². The van der Waals surface area contributed by atoms with Crippen LogP contribution in [0.2, 0.25) is 0 Å². The van der Waals surface area contributed by atoms with Crippen molar-refractivity contribution in [2.45, 2.75) is 20.3 Å². The van der Waals surface area contributed by atoms with Crippen molar-refractivity contribution in [3.05, 3.63) is 47.8 Å². The van der Waals surface area contributed by atoms with Gasteiger partial charge in [-0.15, -0.1) is 0 Å². The minimum Gasteiger partial charge on any atom is -0.312 e. The van der Waals surface area contributed by atoms with Crippen molar-refractivity contribution in [1.82, 2.24) is 4.98 Å². The van der Waals surface area contributed by atoms with Gasteiger partial charge in [-0.05, 0) is 42.7 Å². The number of hydrogen-bond donors (Lipinski definition) is 0. The number of nitrogens with zero attached hydrogens (tertiary/aromatic N) is 2. The molecule has 2 aromatic rings. The summed E-state index contributed by atoms with van der Waals surface area (Å²) in [5.41, 5.74) is 4.71. The second kappa shape index (κ2) is 5.13. The standard InChI is InChI=1S/C17H16N2O2/c1-11(20)15-8-16(10-18-9-15)13-3-4-17-14(7-13)5-6-19(17)12(2)21/h3-4,7-10H,5-6H2,1-2H3. The van der Waals surface area contributed by atoms with Gasteiger partial charge in [0.25, 0.3) is 0 Å². The predicted octanol–water partition coefficient (Wildman–Crippen LogP) is 2.86. The highest BCUT2D eigenvalue weighted by Gasteiger charge is 2.22. The SMILES string of the molecule is CC(=O)c1cncc(-c2ccc3c(c2)CCN3C(C)=O)c1. The van der Waals surface area contributed by atoms with E-state index in [1.807, 2.05) is 18.2 Å². The Balaban J connectivity index is 2.00. The molecule has 3 rings (SSSR count). The van der Waals surface area contributed by atoms with E-state index < -0.39 is 0 Å². The minimum absolute atomic E-state index is 0.00765. The fraction of sp³-hybridized carbons (Fsp3) is 0.235. The van der Waals surface area contributed by atoms with Crippen LogP contribution in [0.25, 0.3) is 11.1 Å². The molecule has 0 atom stereocenters. The zero-order valence-corrected chi connectivity index (χ0v) is 12.1. The zero-order chi connectivity index (χ0) is 15.0. The summed E-state index contributed by atoms with van der Waals surface area (Å²) in [7, 11) is 0. The molecule has 1 aromatic carbocycles. The van der Waals surface area contributed by atoms with E-state index >= 15 is 0 Å². The summed E-state index contributed by atoms with van der Waals surface area (Å²) in [6, 6.07) is 7.88. The van der Waals surface area contributed by atoms with Gasteiger partial charge in [0, 0.05) is 42.7 Å². The molecule has 106 valence electrons. The summed E-state index contributed by atoms with van der Waals surface area (Å²) in [5.74, 6) is 0.0787. The van der Waals surface area contributed by atoms with Gasteiger partial charge in [-0.1, -0.05) is 6.07 Å². The van der Waals surface area contributed by atoms with Crippen LogP contribution in [0.1, 0.15) is 29.8 Å². The Bertz CT molecular complexity index is 737. The van der Waals surface area contributed by atoms with Gasteiger partial charge in [-0.3, -0.25) is 14.6 Å². The third kappa shape index (κ3) is 2.44. The lowest BCUT2D eigenvalue weighted by Gasteiger charge is -2.15. The monoisotopic (exact) mass is 280 g/mol. The smallest absolute Gasteiger partial charge is 0.223 e. The summed E-state index contributed by atoms with van der Waals surface area (Å²) in [5, 5.41) is 0. The Morgan fingerprint density at radius 2 is 1.90 bits per heavy atom. The molecular weight excluding hydrogens is 264 g/mol. The number of pyridine rings is 1. The number of Topliss-reactive ketones (excluding diaryl/α,β-unsaturated/α-hetero) is 1. The van der Waals surface area contributed by atoms with Gasteiger partial charge >= 0.3 is 0 Å². The van der Waals surface area contributed by atoms with Gasteiger partial charge < -0.3 is 4.90 Å². The van der Waals surface area contributed by atoms with Crippen molar-refractivity contribution >= 4 is 17.4 Å².